The molecule has 0 fully saturated rings. The van der Waals surface area contributed by atoms with Crippen LogP contribution >= 0.6 is 11.3 Å². The Bertz CT molecular complexity index is 578. The van der Waals surface area contributed by atoms with Crippen LogP contribution in [0.4, 0.5) is 0 Å². The monoisotopic (exact) mass is 304 g/mol. The maximum Gasteiger partial charge on any atom is 0.220 e. The highest BCUT2D eigenvalue weighted by atomic mass is 32.1. The number of carbonyl (C=O) groups is 1. The number of nitrogens with zero attached hydrogens (tertiary/aromatic N) is 1. The van der Waals surface area contributed by atoms with Gasteiger partial charge in [0.1, 0.15) is 5.75 Å². The van der Waals surface area contributed by atoms with E-state index in [-0.39, 0.29) is 5.91 Å². The molecule has 0 aliphatic heterocycles. The Balaban J connectivity index is 1.92. The molecule has 0 bridgehead atoms. The molecule has 4 nitrogen and oxygen atoms in total. The first kappa shape index (κ1) is 15.5. The minimum atomic E-state index is 0.0954. The Morgan fingerprint density at radius 3 is 2.76 bits per heavy atom. The molecule has 1 N–H and O–H groups in total. The standard InChI is InChI=1S/C16H20N2O2S/c1-3-10-17-15(19)8-9-16-18-14(11-21-16)12-4-6-13(20-2)7-5-12/h4-7,11H,3,8-10H2,1-2H3,(H,17,19). The zero-order valence-electron chi connectivity index (χ0n) is 12.4. The lowest BCUT2D eigenvalue weighted by molar-refractivity contribution is -0.121. The van der Waals surface area contributed by atoms with Gasteiger partial charge in [0.05, 0.1) is 17.8 Å². The molecule has 0 saturated heterocycles. The van der Waals surface area contributed by atoms with Crippen LogP contribution in [0.2, 0.25) is 0 Å². The number of rotatable bonds is 7. The molecule has 0 radical (unpaired) electrons. The summed E-state index contributed by atoms with van der Waals surface area (Å²) >= 11 is 1.60. The van der Waals surface area contributed by atoms with Crippen molar-refractivity contribution in [2.24, 2.45) is 0 Å². The Kier molecular flexibility index (Phi) is 5.75. The van der Waals surface area contributed by atoms with Crippen LogP contribution in [0.25, 0.3) is 11.3 Å². The number of carbonyl (C=O) groups excluding carboxylic acids is 1. The van der Waals surface area contributed by atoms with Gasteiger partial charge in [-0.2, -0.15) is 0 Å². The van der Waals surface area contributed by atoms with Gasteiger partial charge in [-0.15, -0.1) is 11.3 Å². The number of benzene rings is 1. The summed E-state index contributed by atoms with van der Waals surface area (Å²) in [6.07, 6.45) is 2.15. The van der Waals surface area contributed by atoms with Gasteiger partial charge in [-0.1, -0.05) is 6.92 Å². The summed E-state index contributed by atoms with van der Waals surface area (Å²) in [6, 6.07) is 7.83. The number of hydrogen-bond acceptors (Lipinski definition) is 4. The summed E-state index contributed by atoms with van der Waals surface area (Å²) in [5, 5.41) is 5.90. The topological polar surface area (TPSA) is 51.2 Å². The van der Waals surface area contributed by atoms with Crippen molar-refractivity contribution in [1.82, 2.24) is 10.3 Å². The highest BCUT2D eigenvalue weighted by molar-refractivity contribution is 7.09. The van der Waals surface area contributed by atoms with Crippen LogP contribution in [0, 0.1) is 0 Å². The number of thiazole rings is 1. The third-order valence-corrected chi connectivity index (χ3v) is 3.98. The molecular formula is C16H20N2O2S. The first-order chi connectivity index (χ1) is 10.2. The van der Waals surface area contributed by atoms with Gasteiger partial charge in [0, 0.05) is 30.3 Å². The normalized spacial score (nSPS) is 10.4. The number of aryl methyl sites for hydroxylation is 1. The largest absolute Gasteiger partial charge is 0.497 e. The number of nitrogens with one attached hydrogen (secondary N) is 1. The van der Waals surface area contributed by atoms with E-state index < -0.39 is 0 Å². The Hall–Kier alpha value is -1.88. The molecule has 0 spiro atoms. The molecule has 1 amide bonds. The van der Waals surface area contributed by atoms with Crippen LogP contribution < -0.4 is 10.1 Å². The van der Waals surface area contributed by atoms with Crippen LogP contribution in [-0.4, -0.2) is 24.5 Å². The van der Waals surface area contributed by atoms with Gasteiger partial charge in [0.2, 0.25) is 5.91 Å². The molecule has 0 aliphatic rings. The molecule has 0 saturated carbocycles. The Labute approximate surface area is 129 Å². The molecule has 2 aromatic rings. The fourth-order valence-electron chi connectivity index (χ4n) is 1.89. The van der Waals surface area contributed by atoms with Crippen molar-refractivity contribution < 1.29 is 9.53 Å². The molecule has 1 aromatic heterocycles. The minimum absolute atomic E-state index is 0.0954. The molecular weight excluding hydrogens is 284 g/mol. The number of ether oxygens (including phenoxy) is 1. The van der Waals surface area contributed by atoms with Crippen LogP contribution in [0.1, 0.15) is 24.8 Å². The van der Waals surface area contributed by atoms with Gasteiger partial charge in [0.25, 0.3) is 0 Å². The highest BCUT2D eigenvalue weighted by Crippen LogP contribution is 2.24. The van der Waals surface area contributed by atoms with Gasteiger partial charge in [-0.25, -0.2) is 4.98 Å². The second-order valence-corrected chi connectivity index (χ2v) is 5.65. The lowest BCUT2D eigenvalue weighted by Crippen LogP contribution is -2.24. The quantitative estimate of drug-likeness (QED) is 0.854. The lowest BCUT2D eigenvalue weighted by Gasteiger charge is -2.02. The van der Waals surface area contributed by atoms with E-state index in [1.807, 2.05) is 36.6 Å². The van der Waals surface area contributed by atoms with E-state index in [1.54, 1.807) is 18.4 Å². The molecule has 0 atom stereocenters. The average molecular weight is 304 g/mol. The molecule has 5 heteroatoms. The lowest BCUT2D eigenvalue weighted by atomic mass is 10.2. The zero-order chi connectivity index (χ0) is 15.1. The predicted molar refractivity (Wildman–Crippen MR) is 85.7 cm³/mol. The fourth-order valence-corrected chi connectivity index (χ4v) is 2.70. The maximum atomic E-state index is 11.6. The summed E-state index contributed by atoms with van der Waals surface area (Å²) in [7, 11) is 1.65. The van der Waals surface area contributed by atoms with E-state index in [1.165, 1.54) is 0 Å². The molecule has 2 rings (SSSR count). The smallest absolute Gasteiger partial charge is 0.220 e. The second-order valence-electron chi connectivity index (χ2n) is 4.70. The van der Waals surface area contributed by atoms with Crippen molar-refractivity contribution in [1.29, 1.82) is 0 Å². The molecule has 0 unspecified atom stereocenters. The molecule has 1 aromatic carbocycles. The Morgan fingerprint density at radius 1 is 1.33 bits per heavy atom. The van der Waals surface area contributed by atoms with E-state index >= 15 is 0 Å². The first-order valence-corrected chi connectivity index (χ1v) is 7.96. The van der Waals surface area contributed by atoms with Gasteiger partial charge in [-0.05, 0) is 30.7 Å². The van der Waals surface area contributed by atoms with Gasteiger partial charge < -0.3 is 10.1 Å². The summed E-state index contributed by atoms with van der Waals surface area (Å²) in [5.74, 6) is 0.930. The number of methoxy groups -OCH3 is 1. The number of hydrogen-bond donors (Lipinski definition) is 1. The molecule has 112 valence electrons. The van der Waals surface area contributed by atoms with Gasteiger partial charge >= 0.3 is 0 Å². The van der Waals surface area contributed by atoms with Crippen molar-refractivity contribution in [2.45, 2.75) is 26.2 Å². The van der Waals surface area contributed by atoms with E-state index in [2.05, 4.69) is 10.3 Å². The third kappa shape index (κ3) is 4.56. The highest BCUT2D eigenvalue weighted by Gasteiger charge is 2.07. The van der Waals surface area contributed by atoms with Crippen LogP contribution in [0.15, 0.2) is 29.6 Å². The minimum Gasteiger partial charge on any atom is -0.497 e. The molecule has 0 aliphatic carbocycles. The average Bonchev–Trinajstić information content (AvgIpc) is 3.00. The van der Waals surface area contributed by atoms with Gasteiger partial charge in [-0.3, -0.25) is 4.79 Å². The van der Waals surface area contributed by atoms with E-state index in [4.69, 9.17) is 4.74 Å². The van der Waals surface area contributed by atoms with E-state index in [9.17, 15) is 4.79 Å². The van der Waals surface area contributed by atoms with Crippen LogP contribution in [-0.2, 0) is 11.2 Å². The zero-order valence-corrected chi connectivity index (χ0v) is 13.2. The molecule has 21 heavy (non-hydrogen) atoms. The van der Waals surface area contributed by atoms with Crippen molar-refractivity contribution in [3.05, 3.63) is 34.7 Å². The first-order valence-electron chi connectivity index (χ1n) is 7.08. The fraction of sp³-hybridized carbons (Fsp3) is 0.375. The van der Waals surface area contributed by atoms with E-state index in [0.717, 1.165) is 35.0 Å². The summed E-state index contributed by atoms with van der Waals surface area (Å²) in [5.41, 5.74) is 2.01. The Morgan fingerprint density at radius 2 is 2.10 bits per heavy atom. The van der Waals surface area contributed by atoms with Crippen molar-refractivity contribution in [3.8, 4) is 17.0 Å². The van der Waals surface area contributed by atoms with E-state index in [0.29, 0.717) is 12.8 Å². The maximum absolute atomic E-state index is 11.6. The van der Waals surface area contributed by atoms with Crippen molar-refractivity contribution in [3.63, 3.8) is 0 Å². The van der Waals surface area contributed by atoms with Crippen LogP contribution in [0.5, 0.6) is 5.75 Å². The second kappa shape index (κ2) is 7.78. The molecule has 1 heterocycles. The summed E-state index contributed by atoms with van der Waals surface area (Å²) in [6.45, 7) is 2.79. The van der Waals surface area contributed by atoms with Crippen LogP contribution in [0.3, 0.4) is 0 Å². The summed E-state index contributed by atoms with van der Waals surface area (Å²) < 4.78 is 5.15. The number of amides is 1. The van der Waals surface area contributed by atoms with Gasteiger partial charge in [0.15, 0.2) is 0 Å². The SMILES string of the molecule is CCCNC(=O)CCc1nc(-c2ccc(OC)cc2)cs1. The van der Waals surface area contributed by atoms with Crippen molar-refractivity contribution >= 4 is 17.2 Å². The number of aromatic nitrogens is 1. The van der Waals surface area contributed by atoms with Crippen molar-refractivity contribution in [2.75, 3.05) is 13.7 Å². The predicted octanol–water partition coefficient (Wildman–Crippen LogP) is 3.28. The summed E-state index contributed by atoms with van der Waals surface area (Å²) in [4.78, 5) is 16.2. The third-order valence-electron chi connectivity index (χ3n) is 3.08.